The Bertz CT molecular complexity index is 1360. The van der Waals surface area contributed by atoms with Gasteiger partial charge in [-0.25, -0.2) is 9.97 Å². The van der Waals surface area contributed by atoms with Crippen molar-refractivity contribution in [3.63, 3.8) is 0 Å². The van der Waals surface area contributed by atoms with Crippen LogP contribution < -0.4 is 19.9 Å². The van der Waals surface area contributed by atoms with Gasteiger partial charge in [0.25, 0.3) is 5.91 Å². The fourth-order valence-electron chi connectivity index (χ4n) is 7.49. The van der Waals surface area contributed by atoms with Crippen molar-refractivity contribution in [2.75, 3.05) is 55.7 Å². The van der Waals surface area contributed by atoms with Crippen LogP contribution in [0.5, 0.6) is 5.75 Å². The summed E-state index contributed by atoms with van der Waals surface area (Å²) in [6.07, 6.45) is 4.25. The molecule has 8 rings (SSSR count). The number of ether oxygens (including phenoxy) is 1. The van der Waals surface area contributed by atoms with Crippen molar-refractivity contribution in [2.45, 2.75) is 31.5 Å². The number of amides is 3. The first kappa shape index (κ1) is 23.2. The molecule has 0 bridgehead atoms. The Morgan fingerprint density at radius 2 is 1.82 bits per heavy atom. The monoisotopic (exact) mass is 529 g/mol. The quantitative estimate of drug-likeness (QED) is 0.566. The molecule has 202 valence electrons. The number of nitrogens with one attached hydrogen (secondary N) is 1. The van der Waals surface area contributed by atoms with E-state index in [0.717, 1.165) is 80.0 Å². The van der Waals surface area contributed by atoms with Gasteiger partial charge in [0.2, 0.25) is 17.8 Å². The summed E-state index contributed by atoms with van der Waals surface area (Å²) in [6.45, 7) is 7.14. The first-order valence-corrected chi connectivity index (χ1v) is 14.0. The highest BCUT2D eigenvalue weighted by atomic mass is 16.5. The molecule has 0 spiro atoms. The van der Waals surface area contributed by atoms with E-state index in [1.807, 2.05) is 24.5 Å². The Labute approximate surface area is 226 Å². The number of carbonyl (C=O) groups excluding carboxylic acids is 3. The Hall–Kier alpha value is -3.73. The number of rotatable bonds is 4. The number of fused-ring (bicyclic) bond motifs is 5. The van der Waals surface area contributed by atoms with Gasteiger partial charge in [0, 0.05) is 70.2 Å². The van der Waals surface area contributed by atoms with Gasteiger partial charge in [0.1, 0.15) is 18.4 Å². The molecule has 4 atom stereocenters. The normalized spacial score (nSPS) is 31.3. The minimum Gasteiger partial charge on any atom is -0.489 e. The molecule has 4 unspecified atom stereocenters. The zero-order valence-electron chi connectivity index (χ0n) is 21.7. The molecule has 1 aromatic carbocycles. The number of imide groups is 1. The average molecular weight is 530 g/mol. The SMILES string of the molecule is O=C1CCC(N2Cc3cc4c(cc3C2=O)OCC2CN(CC3C5CN(c6ncccn6)CC35)CCN42)C(=O)N1. The van der Waals surface area contributed by atoms with Crippen molar-refractivity contribution in [3.8, 4) is 5.75 Å². The van der Waals surface area contributed by atoms with Crippen LogP contribution >= 0.6 is 0 Å². The summed E-state index contributed by atoms with van der Waals surface area (Å²) in [4.78, 5) is 55.0. The molecule has 11 nitrogen and oxygen atoms in total. The van der Waals surface area contributed by atoms with Gasteiger partial charge < -0.3 is 19.4 Å². The average Bonchev–Trinajstić information content (AvgIpc) is 3.25. The lowest BCUT2D eigenvalue weighted by Gasteiger charge is -2.46. The van der Waals surface area contributed by atoms with Gasteiger partial charge in [-0.15, -0.1) is 0 Å². The maximum absolute atomic E-state index is 13.2. The van der Waals surface area contributed by atoms with Crippen LogP contribution in [0.1, 0.15) is 28.8 Å². The number of aromatic nitrogens is 2. The molecule has 3 amide bonds. The molecule has 1 saturated carbocycles. The standard InChI is InChI=1S/C28H31N7O4/c36-25-3-2-22(26(37)31-25)35-10-16-8-23-24(9-18(16)27(35)38)39-15-17-11-32(6-7-34(17)23)12-19-20-13-33(14-21(19)20)28-29-4-1-5-30-28/h1,4-5,8-9,17,19-22H,2-3,6-7,10-15H2,(H,31,36,37). The molecule has 1 aromatic heterocycles. The molecule has 6 heterocycles. The molecular formula is C28H31N7O4. The van der Waals surface area contributed by atoms with Gasteiger partial charge in [0.05, 0.1) is 11.7 Å². The summed E-state index contributed by atoms with van der Waals surface area (Å²) in [5.41, 5.74) is 2.57. The van der Waals surface area contributed by atoms with Crippen molar-refractivity contribution >= 4 is 29.4 Å². The van der Waals surface area contributed by atoms with Gasteiger partial charge in [-0.1, -0.05) is 0 Å². The predicted molar refractivity (Wildman–Crippen MR) is 140 cm³/mol. The van der Waals surface area contributed by atoms with E-state index < -0.39 is 6.04 Å². The molecule has 39 heavy (non-hydrogen) atoms. The summed E-state index contributed by atoms with van der Waals surface area (Å²) >= 11 is 0. The van der Waals surface area contributed by atoms with Crippen molar-refractivity contribution in [1.82, 2.24) is 25.1 Å². The Morgan fingerprint density at radius 3 is 2.62 bits per heavy atom. The first-order valence-electron chi connectivity index (χ1n) is 14.0. The predicted octanol–water partition coefficient (Wildman–Crippen LogP) is 0.503. The van der Waals surface area contributed by atoms with Crippen molar-refractivity contribution in [1.29, 1.82) is 0 Å². The van der Waals surface area contributed by atoms with Gasteiger partial charge in [0.15, 0.2) is 0 Å². The molecule has 4 fully saturated rings. The summed E-state index contributed by atoms with van der Waals surface area (Å²) in [5.74, 6) is 3.00. The minimum atomic E-state index is -0.606. The van der Waals surface area contributed by atoms with Crippen LogP contribution in [0.4, 0.5) is 11.6 Å². The Balaban J connectivity index is 0.916. The van der Waals surface area contributed by atoms with Crippen LogP contribution in [0.2, 0.25) is 0 Å². The van der Waals surface area contributed by atoms with E-state index in [1.165, 1.54) is 0 Å². The Morgan fingerprint density at radius 1 is 1.00 bits per heavy atom. The smallest absolute Gasteiger partial charge is 0.255 e. The molecule has 11 heteroatoms. The van der Waals surface area contributed by atoms with E-state index in [1.54, 1.807) is 4.90 Å². The first-order chi connectivity index (χ1) is 19.0. The number of carbonyl (C=O) groups is 3. The third-order valence-electron chi connectivity index (χ3n) is 9.59. The highest BCUT2D eigenvalue weighted by Gasteiger charge is 2.56. The van der Waals surface area contributed by atoms with Crippen LogP contribution in [0.3, 0.4) is 0 Å². The topological polar surface area (TPSA) is 111 Å². The van der Waals surface area contributed by atoms with Gasteiger partial charge >= 0.3 is 0 Å². The third-order valence-corrected chi connectivity index (χ3v) is 9.59. The summed E-state index contributed by atoms with van der Waals surface area (Å²) in [5, 5.41) is 2.37. The van der Waals surface area contributed by atoms with E-state index in [0.29, 0.717) is 25.1 Å². The van der Waals surface area contributed by atoms with Crippen LogP contribution in [0.15, 0.2) is 30.6 Å². The van der Waals surface area contributed by atoms with Crippen molar-refractivity contribution < 1.29 is 19.1 Å². The number of anilines is 2. The molecule has 0 radical (unpaired) electrons. The van der Waals surface area contributed by atoms with Gasteiger partial charge in [-0.05, 0) is 47.9 Å². The van der Waals surface area contributed by atoms with E-state index in [2.05, 4.69) is 36.1 Å². The van der Waals surface area contributed by atoms with Crippen molar-refractivity contribution in [2.24, 2.45) is 17.8 Å². The van der Waals surface area contributed by atoms with Gasteiger partial charge in [-0.2, -0.15) is 0 Å². The lowest BCUT2D eigenvalue weighted by atomic mass is 10.0. The molecule has 6 aliphatic rings. The minimum absolute atomic E-state index is 0.162. The molecule has 2 aromatic rings. The van der Waals surface area contributed by atoms with Gasteiger partial charge in [-0.3, -0.25) is 24.6 Å². The van der Waals surface area contributed by atoms with Crippen LogP contribution in [0.25, 0.3) is 0 Å². The molecule has 3 saturated heterocycles. The second-order valence-electron chi connectivity index (χ2n) is 11.7. The van der Waals surface area contributed by atoms with Crippen LogP contribution in [0, 0.1) is 17.8 Å². The summed E-state index contributed by atoms with van der Waals surface area (Å²) < 4.78 is 6.21. The fraction of sp³-hybridized carbons (Fsp3) is 0.536. The van der Waals surface area contributed by atoms with E-state index >= 15 is 0 Å². The number of piperidine rings is 2. The van der Waals surface area contributed by atoms with E-state index in [4.69, 9.17) is 4.74 Å². The van der Waals surface area contributed by atoms with Crippen molar-refractivity contribution in [3.05, 3.63) is 41.7 Å². The highest BCUT2D eigenvalue weighted by Crippen LogP contribution is 2.52. The Kier molecular flexibility index (Phi) is 5.13. The lowest BCUT2D eigenvalue weighted by molar-refractivity contribution is -0.136. The number of hydrogen-bond acceptors (Lipinski definition) is 9. The second kappa shape index (κ2) is 8.64. The number of nitrogens with zero attached hydrogens (tertiary/aromatic N) is 6. The fourth-order valence-corrected chi connectivity index (χ4v) is 7.49. The maximum Gasteiger partial charge on any atom is 0.255 e. The molecule has 5 aliphatic heterocycles. The zero-order valence-corrected chi connectivity index (χ0v) is 21.7. The summed E-state index contributed by atoms with van der Waals surface area (Å²) in [7, 11) is 0. The molecule has 1 N–H and O–H groups in total. The summed E-state index contributed by atoms with van der Waals surface area (Å²) in [6, 6.07) is 5.47. The largest absolute Gasteiger partial charge is 0.489 e. The van der Waals surface area contributed by atoms with E-state index in [-0.39, 0.29) is 30.2 Å². The molecule has 1 aliphatic carbocycles. The number of hydrogen-bond donors (Lipinski definition) is 1. The van der Waals surface area contributed by atoms with Crippen LogP contribution in [-0.2, 0) is 16.1 Å². The zero-order chi connectivity index (χ0) is 26.2. The maximum atomic E-state index is 13.2. The second-order valence-corrected chi connectivity index (χ2v) is 11.7. The number of piperazine rings is 1. The number of benzene rings is 1. The van der Waals surface area contributed by atoms with E-state index in [9.17, 15) is 14.4 Å². The third kappa shape index (κ3) is 3.77. The highest BCUT2D eigenvalue weighted by molar-refractivity contribution is 6.05. The lowest BCUT2D eigenvalue weighted by Crippen LogP contribution is -2.57. The molecular weight excluding hydrogens is 498 g/mol. The van der Waals surface area contributed by atoms with Crippen LogP contribution in [-0.4, -0.2) is 95.4 Å².